The van der Waals surface area contributed by atoms with Crippen LogP contribution >= 0.6 is 46.4 Å². The van der Waals surface area contributed by atoms with Crippen LogP contribution in [-0.4, -0.2) is 30.4 Å². The average Bonchev–Trinajstić information content (AvgIpc) is 2.77. The maximum Gasteiger partial charge on any atom is 0.227 e. The number of rotatable bonds is 4. The van der Waals surface area contributed by atoms with Crippen molar-refractivity contribution in [2.45, 2.75) is 12.5 Å². The summed E-state index contributed by atoms with van der Waals surface area (Å²) in [5, 5.41) is 1.77. The van der Waals surface area contributed by atoms with Crippen LogP contribution in [0.3, 0.4) is 0 Å². The van der Waals surface area contributed by atoms with Crippen molar-refractivity contribution >= 4 is 58.0 Å². The number of halogens is 5. The van der Waals surface area contributed by atoms with Crippen molar-refractivity contribution in [3.63, 3.8) is 0 Å². The molecule has 166 valence electrons. The van der Waals surface area contributed by atoms with Crippen molar-refractivity contribution in [3.8, 4) is 0 Å². The number of amides is 1. The molecule has 3 aromatic carbocycles. The zero-order chi connectivity index (χ0) is 22.8. The first-order valence-corrected chi connectivity index (χ1v) is 11.5. The molecule has 0 N–H and O–H groups in total. The van der Waals surface area contributed by atoms with Gasteiger partial charge in [-0.05, 0) is 53.6 Å². The minimum Gasteiger partial charge on any atom is -0.360 e. The molecule has 0 aromatic heterocycles. The van der Waals surface area contributed by atoms with Crippen LogP contribution in [0, 0.1) is 5.82 Å². The van der Waals surface area contributed by atoms with Gasteiger partial charge in [0, 0.05) is 29.7 Å². The van der Waals surface area contributed by atoms with Gasteiger partial charge < -0.3 is 9.80 Å². The van der Waals surface area contributed by atoms with Gasteiger partial charge in [0.2, 0.25) is 5.91 Å². The zero-order valence-corrected chi connectivity index (χ0v) is 19.9. The lowest BCUT2D eigenvalue weighted by Crippen LogP contribution is -2.51. The van der Waals surface area contributed by atoms with E-state index < -0.39 is 5.82 Å². The van der Waals surface area contributed by atoms with Gasteiger partial charge in [-0.15, -0.1) is 0 Å². The molecule has 3 aromatic rings. The van der Waals surface area contributed by atoms with E-state index in [9.17, 15) is 9.18 Å². The molecule has 0 spiro atoms. The van der Waals surface area contributed by atoms with Gasteiger partial charge in [0.05, 0.1) is 28.2 Å². The number of carbonyl (C=O) groups excluding carboxylic acids is 1. The van der Waals surface area contributed by atoms with E-state index in [0.717, 1.165) is 11.3 Å². The fourth-order valence-electron chi connectivity index (χ4n) is 3.92. The second-order valence-corrected chi connectivity index (χ2v) is 9.31. The minimum absolute atomic E-state index is 0.0107. The molecule has 1 fully saturated rings. The molecule has 1 amide bonds. The Morgan fingerprint density at radius 3 is 2.28 bits per heavy atom. The molecule has 0 saturated carbocycles. The van der Waals surface area contributed by atoms with Crippen LogP contribution in [0.1, 0.15) is 17.2 Å². The summed E-state index contributed by atoms with van der Waals surface area (Å²) in [6, 6.07) is 17.2. The lowest BCUT2D eigenvalue weighted by Gasteiger charge is -2.43. The highest BCUT2D eigenvalue weighted by Crippen LogP contribution is 2.37. The largest absolute Gasteiger partial charge is 0.360 e. The fourth-order valence-corrected chi connectivity index (χ4v) is 4.76. The summed E-state index contributed by atoms with van der Waals surface area (Å²) >= 11 is 24.6. The Bertz CT molecular complexity index is 1140. The summed E-state index contributed by atoms with van der Waals surface area (Å²) in [6.07, 6.45) is 0.148. The van der Waals surface area contributed by atoms with Crippen molar-refractivity contribution < 1.29 is 9.18 Å². The molecule has 0 aliphatic carbocycles. The molecule has 1 atom stereocenters. The molecule has 8 heteroatoms. The number of carbonyl (C=O) groups is 1. The van der Waals surface area contributed by atoms with E-state index in [1.54, 1.807) is 18.2 Å². The predicted octanol–water partition coefficient (Wildman–Crippen LogP) is 7.07. The number of hydrogen-bond donors (Lipinski definition) is 0. The first kappa shape index (κ1) is 23.2. The van der Waals surface area contributed by atoms with E-state index in [1.165, 1.54) is 12.1 Å². The summed E-state index contributed by atoms with van der Waals surface area (Å²) in [4.78, 5) is 17.1. The summed E-state index contributed by atoms with van der Waals surface area (Å²) in [7, 11) is 0. The second-order valence-electron chi connectivity index (χ2n) is 7.62. The van der Waals surface area contributed by atoms with E-state index in [2.05, 4.69) is 4.90 Å². The number of nitrogens with zero attached hydrogens (tertiary/aromatic N) is 2. The Hall–Kier alpha value is -1.98. The number of benzene rings is 3. The van der Waals surface area contributed by atoms with Crippen molar-refractivity contribution in [1.29, 1.82) is 0 Å². The molecule has 1 heterocycles. The van der Waals surface area contributed by atoms with E-state index in [0.29, 0.717) is 40.3 Å². The van der Waals surface area contributed by atoms with Gasteiger partial charge >= 0.3 is 0 Å². The molecule has 1 saturated heterocycles. The molecule has 0 radical (unpaired) electrons. The Morgan fingerprint density at radius 1 is 0.875 bits per heavy atom. The second kappa shape index (κ2) is 9.88. The van der Waals surface area contributed by atoms with Gasteiger partial charge in [-0.1, -0.05) is 64.6 Å². The van der Waals surface area contributed by atoms with Gasteiger partial charge in [0.1, 0.15) is 5.82 Å². The molecule has 3 nitrogen and oxygen atoms in total. The van der Waals surface area contributed by atoms with E-state index in [-0.39, 0.29) is 23.4 Å². The predicted molar refractivity (Wildman–Crippen MR) is 130 cm³/mol. The van der Waals surface area contributed by atoms with E-state index >= 15 is 0 Å². The van der Waals surface area contributed by atoms with E-state index in [4.69, 9.17) is 46.4 Å². The molecular formula is C24H19Cl4FN2O. The quantitative estimate of drug-likeness (QED) is 0.374. The van der Waals surface area contributed by atoms with Gasteiger partial charge in [0.25, 0.3) is 0 Å². The highest BCUT2D eigenvalue weighted by atomic mass is 35.5. The maximum absolute atomic E-state index is 13.5. The summed E-state index contributed by atoms with van der Waals surface area (Å²) in [6.45, 7) is 1.58. The van der Waals surface area contributed by atoms with Gasteiger partial charge in [-0.2, -0.15) is 0 Å². The molecule has 32 heavy (non-hydrogen) atoms. The molecular weight excluding hydrogens is 493 g/mol. The number of anilines is 1. The fraction of sp³-hybridized carbons (Fsp3) is 0.208. The lowest BCUT2D eigenvalue weighted by atomic mass is 10.0. The third kappa shape index (κ3) is 5.15. The van der Waals surface area contributed by atoms with Crippen LogP contribution in [-0.2, 0) is 11.2 Å². The molecule has 1 aliphatic heterocycles. The molecule has 1 aliphatic rings. The Kier molecular flexibility index (Phi) is 7.16. The number of hydrogen-bond acceptors (Lipinski definition) is 2. The van der Waals surface area contributed by atoms with Crippen LogP contribution in [0.4, 0.5) is 10.1 Å². The van der Waals surface area contributed by atoms with Gasteiger partial charge in [-0.25, -0.2) is 4.39 Å². The van der Waals surface area contributed by atoms with Gasteiger partial charge in [-0.3, -0.25) is 4.79 Å². The summed E-state index contributed by atoms with van der Waals surface area (Å²) in [5.41, 5.74) is 2.55. The normalized spacial score (nSPS) is 16.3. The summed E-state index contributed by atoms with van der Waals surface area (Å²) in [5.74, 6) is -0.549. The lowest BCUT2D eigenvalue weighted by molar-refractivity contribution is -0.131. The van der Waals surface area contributed by atoms with Crippen LogP contribution < -0.4 is 4.90 Å². The van der Waals surface area contributed by atoms with Crippen LogP contribution in [0.2, 0.25) is 20.1 Å². The highest BCUT2D eigenvalue weighted by molar-refractivity contribution is 6.36. The first-order valence-electron chi connectivity index (χ1n) is 10.0. The third-order valence-corrected chi connectivity index (χ3v) is 6.63. The Morgan fingerprint density at radius 2 is 1.59 bits per heavy atom. The first-order chi connectivity index (χ1) is 15.3. The summed E-state index contributed by atoms with van der Waals surface area (Å²) < 4.78 is 13.5. The molecule has 0 bridgehead atoms. The van der Waals surface area contributed by atoms with Crippen LogP contribution in [0.15, 0.2) is 60.7 Å². The van der Waals surface area contributed by atoms with Crippen molar-refractivity contribution in [3.05, 3.63) is 97.7 Å². The Balaban J connectivity index is 1.60. The van der Waals surface area contributed by atoms with Crippen molar-refractivity contribution in [1.82, 2.24) is 4.90 Å². The number of piperazine rings is 1. The monoisotopic (exact) mass is 510 g/mol. The zero-order valence-electron chi connectivity index (χ0n) is 16.9. The average molecular weight is 512 g/mol. The smallest absolute Gasteiger partial charge is 0.227 e. The topological polar surface area (TPSA) is 23.6 Å². The SMILES string of the molecule is O=C(Cc1ccc(F)c(Cl)c1)N1CCN(c2ccc(Cl)cc2Cl)C(c2ccc(Cl)cc2)C1. The van der Waals surface area contributed by atoms with Crippen LogP contribution in [0.25, 0.3) is 0 Å². The van der Waals surface area contributed by atoms with E-state index in [1.807, 2.05) is 35.2 Å². The molecule has 1 unspecified atom stereocenters. The van der Waals surface area contributed by atoms with Crippen molar-refractivity contribution in [2.24, 2.45) is 0 Å². The van der Waals surface area contributed by atoms with Crippen molar-refractivity contribution in [2.75, 3.05) is 24.5 Å². The molecule has 4 rings (SSSR count). The highest BCUT2D eigenvalue weighted by Gasteiger charge is 2.32. The minimum atomic E-state index is -0.501. The third-order valence-electron chi connectivity index (χ3n) is 5.55. The Labute approximate surface area is 206 Å². The van der Waals surface area contributed by atoms with Gasteiger partial charge in [0.15, 0.2) is 0 Å². The standard InChI is InChI=1S/C24H19Cl4FN2O/c25-17-4-2-16(3-5-17)23-14-30(24(32)12-15-1-7-21(29)19(27)11-15)9-10-31(23)22-8-6-18(26)13-20(22)28/h1-8,11,13,23H,9-10,12,14H2. The maximum atomic E-state index is 13.5. The van der Waals surface area contributed by atoms with Crippen LogP contribution in [0.5, 0.6) is 0 Å².